The van der Waals surface area contributed by atoms with E-state index >= 15 is 0 Å². The quantitative estimate of drug-likeness (QED) is 0.352. The second kappa shape index (κ2) is 10.2. The molecule has 0 bridgehead atoms. The number of fused-ring (bicyclic) bond motifs is 1. The van der Waals surface area contributed by atoms with Crippen molar-refractivity contribution in [2.75, 3.05) is 30.9 Å². The number of anilines is 2. The first-order valence-corrected chi connectivity index (χ1v) is 12.2. The minimum atomic E-state index is 0.422. The van der Waals surface area contributed by atoms with Crippen molar-refractivity contribution in [2.45, 2.75) is 38.3 Å². The lowest BCUT2D eigenvalue weighted by atomic mass is 9.86. The number of aromatic amines is 1. The molecule has 2 aromatic carbocycles. The standard InChI is InChI=1S/C27H33N7/c1-34(2)26-23-10-6-7-11-24(23)31-27(32-26)30-22-14-12-19(13-15-22)16-28-17-21-18-29-33-25(21)20-8-4-3-5-9-20/h3-11,18-19,22,28H,12-17H2,1-2H3,(H,29,33)(H,30,31,32)/t19-,22+. The molecule has 1 fully saturated rings. The Morgan fingerprint density at radius 1 is 0.941 bits per heavy atom. The van der Waals surface area contributed by atoms with E-state index < -0.39 is 0 Å². The van der Waals surface area contributed by atoms with Crippen LogP contribution in [0.1, 0.15) is 31.2 Å². The van der Waals surface area contributed by atoms with E-state index in [0.717, 1.165) is 59.9 Å². The third-order valence-electron chi connectivity index (χ3n) is 6.70. The Kier molecular flexibility index (Phi) is 6.72. The molecular formula is C27H33N7. The number of nitrogens with one attached hydrogen (secondary N) is 3. The molecule has 0 aliphatic heterocycles. The van der Waals surface area contributed by atoms with Crippen molar-refractivity contribution < 1.29 is 0 Å². The van der Waals surface area contributed by atoms with Crippen molar-refractivity contribution in [3.05, 3.63) is 66.4 Å². The number of hydrogen-bond acceptors (Lipinski definition) is 6. The summed E-state index contributed by atoms with van der Waals surface area (Å²) in [6.07, 6.45) is 6.69. The molecule has 7 nitrogen and oxygen atoms in total. The second-order valence-electron chi connectivity index (χ2n) is 9.40. The highest BCUT2D eigenvalue weighted by Gasteiger charge is 2.22. The van der Waals surface area contributed by atoms with Gasteiger partial charge in [-0.25, -0.2) is 4.98 Å². The molecule has 3 N–H and O–H groups in total. The van der Waals surface area contributed by atoms with E-state index in [1.54, 1.807) is 0 Å². The van der Waals surface area contributed by atoms with Crippen LogP contribution in [0.2, 0.25) is 0 Å². The van der Waals surface area contributed by atoms with E-state index in [-0.39, 0.29) is 0 Å². The maximum atomic E-state index is 4.81. The van der Waals surface area contributed by atoms with Gasteiger partial charge in [0.1, 0.15) is 5.82 Å². The van der Waals surface area contributed by atoms with Gasteiger partial charge in [-0.15, -0.1) is 0 Å². The third-order valence-corrected chi connectivity index (χ3v) is 6.70. The Balaban J connectivity index is 1.13. The Bertz CT molecular complexity index is 1210. The monoisotopic (exact) mass is 455 g/mol. The van der Waals surface area contributed by atoms with Gasteiger partial charge >= 0.3 is 0 Å². The predicted molar refractivity (Wildman–Crippen MR) is 139 cm³/mol. The number of H-pyrrole nitrogens is 1. The van der Waals surface area contributed by atoms with Crippen molar-refractivity contribution in [3.8, 4) is 11.3 Å². The van der Waals surface area contributed by atoms with Crippen LogP contribution in [0.4, 0.5) is 11.8 Å². The summed E-state index contributed by atoms with van der Waals surface area (Å²) in [6.45, 7) is 1.86. The van der Waals surface area contributed by atoms with E-state index in [1.807, 2.05) is 38.5 Å². The van der Waals surface area contributed by atoms with Crippen LogP contribution in [0.3, 0.4) is 0 Å². The molecule has 4 aromatic rings. The molecule has 7 heteroatoms. The van der Waals surface area contributed by atoms with Crippen molar-refractivity contribution in [1.29, 1.82) is 0 Å². The van der Waals surface area contributed by atoms with E-state index in [2.05, 4.69) is 62.1 Å². The first-order valence-electron chi connectivity index (χ1n) is 12.2. The van der Waals surface area contributed by atoms with Gasteiger partial charge in [-0.2, -0.15) is 10.1 Å². The molecule has 176 valence electrons. The minimum absolute atomic E-state index is 0.422. The maximum Gasteiger partial charge on any atom is 0.225 e. The van der Waals surface area contributed by atoms with Crippen molar-refractivity contribution >= 4 is 22.7 Å². The van der Waals surface area contributed by atoms with Crippen LogP contribution < -0.4 is 15.5 Å². The molecule has 5 rings (SSSR count). The highest BCUT2D eigenvalue weighted by atomic mass is 15.2. The zero-order valence-electron chi connectivity index (χ0n) is 20.0. The first-order chi connectivity index (χ1) is 16.7. The van der Waals surface area contributed by atoms with Crippen LogP contribution in [-0.2, 0) is 6.54 Å². The van der Waals surface area contributed by atoms with Gasteiger partial charge in [0.15, 0.2) is 0 Å². The molecule has 0 spiro atoms. The Hall–Kier alpha value is -3.45. The fourth-order valence-corrected chi connectivity index (χ4v) is 4.87. The van der Waals surface area contributed by atoms with E-state index in [1.165, 1.54) is 18.4 Å². The summed E-state index contributed by atoms with van der Waals surface area (Å²) in [5.74, 6) is 2.39. The predicted octanol–water partition coefficient (Wildman–Crippen LogP) is 4.85. The van der Waals surface area contributed by atoms with Gasteiger partial charge in [0.25, 0.3) is 0 Å². The largest absolute Gasteiger partial charge is 0.362 e. The highest BCUT2D eigenvalue weighted by molar-refractivity contribution is 5.90. The molecule has 1 aliphatic carbocycles. The fraction of sp³-hybridized carbons (Fsp3) is 0.370. The summed E-state index contributed by atoms with van der Waals surface area (Å²) in [7, 11) is 4.06. The first kappa shape index (κ1) is 22.3. The number of aromatic nitrogens is 4. The highest BCUT2D eigenvalue weighted by Crippen LogP contribution is 2.28. The number of para-hydroxylation sites is 1. The second-order valence-corrected chi connectivity index (χ2v) is 9.40. The van der Waals surface area contributed by atoms with Gasteiger partial charge in [0.2, 0.25) is 5.95 Å². The lowest BCUT2D eigenvalue weighted by Gasteiger charge is -2.29. The van der Waals surface area contributed by atoms with Gasteiger partial charge in [0, 0.05) is 49.4 Å². The maximum absolute atomic E-state index is 4.81. The summed E-state index contributed by atoms with van der Waals surface area (Å²) in [5, 5.41) is 15.8. The summed E-state index contributed by atoms with van der Waals surface area (Å²) in [5.41, 5.74) is 4.39. The van der Waals surface area contributed by atoms with Crippen molar-refractivity contribution in [1.82, 2.24) is 25.5 Å². The van der Waals surface area contributed by atoms with Crippen LogP contribution in [-0.4, -0.2) is 46.8 Å². The van der Waals surface area contributed by atoms with E-state index in [4.69, 9.17) is 9.97 Å². The van der Waals surface area contributed by atoms with E-state index in [0.29, 0.717) is 12.0 Å². The average Bonchev–Trinajstić information content (AvgIpc) is 3.34. The van der Waals surface area contributed by atoms with E-state index in [9.17, 15) is 0 Å². The molecule has 1 aliphatic rings. The lowest BCUT2D eigenvalue weighted by molar-refractivity contribution is 0.324. The van der Waals surface area contributed by atoms with Gasteiger partial charge in [-0.3, -0.25) is 5.10 Å². The topological polar surface area (TPSA) is 81.8 Å². The van der Waals surface area contributed by atoms with Crippen molar-refractivity contribution in [3.63, 3.8) is 0 Å². The zero-order chi connectivity index (χ0) is 23.3. The van der Waals surface area contributed by atoms with Crippen LogP contribution in [0.5, 0.6) is 0 Å². The molecule has 0 saturated heterocycles. The molecule has 0 amide bonds. The van der Waals surface area contributed by atoms with Crippen LogP contribution in [0.15, 0.2) is 60.8 Å². The summed E-state index contributed by atoms with van der Waals surface area (Å²) >= 11 is 0. The molecule has 0 radical (unpaired) electrons. The number of nitrogens with zero attached hydrogens (tertiary/aromatic N) is 4. The average molecular weight is 456 g/mol. The minimum Gasteiger partial charge on any atom is -0.362 e. The zero-order valence-corrected chi connectivity index (χ0v) is 20.0. The molecule has 2 aromatic heterocycles. The van der Waals surface area contributed by atoms with Crippen LogP contribution in [0, 0.1) is 5.92 Å². The smallest absolute Gasteiger partial charge is 0.225 e. The molecule has 0 unspecified atom stereocenters. The van der Waals surface area contributed by atoms with Gasteiger partial charge in [-0.1, -0.05) is 42.5 Å². The summed E-state index contributed by atoms with van der Waals surface area (Å²) in [6, 6.07) is 19.0. The van der Waals surface area contributed by atoms with Crippen LogP contribution in [0.25, 0.3) is 22.2 Å². The Morgan fingerprint density at radius 3 is 2.50 bits per heavy atom. The molecule has 1 saturated carbocycles. The van der Waals surface area contributed by atoms with Crippen LogP contribution >= 0.6 is 0 Å². The molecule has 2 heterocycles. The SMILES string of the molecule is CN(C)c1nc(N[C@H]2CC[C@@H](CNCc3c[nH]nc3-c3ccccc3)CC2)nc2ccccc12. The Labute approximate surface area is 201 Å². The molecule has 34 heavy (non-hydrogen) atoms. The third kappa shape index (κ3) is 5.04. The summed E-state index contributed by atoms with van der Waals surface area (Å²) < 4.78 is 0. The summed E-state index contributed by atoms with van der Waals surface area (Å²) in [4.78, 5) is 11.6. The van der Waals surface area contributed by atoms with Gasteiger partial charge < -0.3 is 15.5 Å². The number of benzene rings is 2. The molecular weight excluding hydrogens is 422 g/mol. The van der Waals surface area contributed by atoms with Gasteiger partial charge in [-0.05, 0) is 50.3 Å². The lowest BCUT2D eigenvalue weighted by Crippen LogP contribution is -2.31. The number of rotatable bonds is 8. The molecule has 0 atom stereocenters. The number of hydrogen-bond donors (Lipinski definition) is 3. The van der Waals surface area contributed by atoms with Crippen molar-refractivity contribution in [2.24, 2.45) is 5.92 Å². The van der Waals surface area contributed by atoms with Gasteiger partial charge in [0.05, 0.1) is 11.2 Å². The fourth-order valence-electron chi connectivity index (χ4n) is 4.87. The normalized spacial score (nSPS) is 18.2. The Morgan fingerprint density at radius 2 is 1.71 bits per heavy atom.